The molecule has 0 N–H and O–H groups in total. The van der Waals surface area contributed by atoms with Crippen molar-refractivity contribution < 1.29 is 4.79 Å². The van der Waals surface area contributed by atoms with Crippen LogP contribution in [0, 0.1) is 0 Å². The number of piperazine rings is 1. The van der Waals surface area contributed by atoms with Crippen molar-refractivity contribution in [3.63, 3.8) is 0 Å². The van der Waals surface area contributed by atoms with Crippen LogP contribution in [-0.4, -0.2) is 46.3 Å². The lowest BCUT2D eigenvalue weighted by atomic mass is 10.2. The number of rotatable bonds is 5. The minimum atomic E-state index is -0.416. The van der Waals surface area contributed by atoms with Crippen LogP contribution in [0.3, 0.4) is 0 Å². The van der Waals surface area contributed by atoms with Crippen molar-refractivity contribution >= 4 is 46.4 Å². The third kappa shape index (κ3) is 5.03. The Labute approximate surface area is 223 Å². The number of hydrogen-bond acceptors (Lipinski definition) is 3. The molecule has 1 aliphatic heterocycles. The van der Waals surface area contributed by atoms with Gasteiger partial charge in [0.05, 0.1) is 17.3 Å². The summed E-state index contributed by atoms with van der Waals surface area (Å²) in [6, 6.07) is 22.3. The van der Waals surface area contributed by atoms with E-state index < -0.39 is 5.56 Å². The predicted octanol–water partition coefficient (Wildman–Crippen LogP) is 5.61. The molecule has 1 saturated heterocycles. The summed E-state index contributed by atoms with van der Waals surface area (Å²) in [7, 11) is 0. The SMILES string of the molecule is O=C(c1cn(Cc2ccccc2)n(-c2ccc(Cl)cc2Cl)c1=O)N1CCN(c2ccc(Cl)cc2)CC1. The van der Waals surface area contributed by atoms with Crippen LogP contribution in [0.15, 0.2) is 83.8 Å². The van der Waals surface area contributed by atoms with E-state index in [-0.39, 0.29) is 11.5 Å². The molecule has 0 unspecified atom stereocenters. The van der Waals surface area contributed by atoms with Gasteiger partial charge >= 0.3 is 0 Å². The van der Waals surface area contributed by atoms with E-state index in [0.29, 0.717) is 53.5 Å². The van der Waals surface area contributed by atoms with E-state index in [0.717, 1.165) is 11.3 Å². The molecule has 1 fully saturated rings. The molecule has 0 saturated carbocycles. The van der Waals surface area contributed by atoms with Gasteiger partial charge in [0.15, 0.2) is 0 Å². The molecule has 0 atom stereocenters. The molecule has 184 valence electrons. The first-order valence-electron chi connectivity index (χ1n) is 11.5. The van der Waals surface area contributed by atoms with E-state index in [1.54, 1.807) is 34.0 Å². The number of aromatic nitrogens is 2. The Bertz CT molecular complexity index is 1440. The Morgan fingerprint density at radius 3 is 2.14 bits per heavy atom. The molecular weight excluding hydrogens is 519 g/mol. The summed E-state index contributed by atoms with van der Waals surface area (Å²) >= 11 is 18.6. The van der Waals surface area contributed by atoms with Crippen LogP contribution in [0.4, 0.5) is 5.69 Å². The molecule has 2 heterocycles. The van der Waals surface area contributed by atoms with Gasteiger partial charge in [-0.15, -0.1) is 0 Å². The van der Waals surface area contributed by atoms with Crippen LogP contribution in [0.1, 0.15) is 15.9 Å². The number of hydrogen-bond donors (Lipinski definition) is 0. The molecule has 0 spiro atoms. The minimum absolute atomic E-state index is 0.108. The van der Waals surface area contributed by atoms with Crippen molar-refractivity contribution in [1.82, 2.24) is 14.3 Å². The second-order valence-electron chi connectivity index (χ2n) is 8.59. The van der Waals surface area contributed by atoms with Gasteiger partial charge in [0.2, 0.25) is 0 Å². The zero-order valence-electron chi connectivity index (χ0n) is 19.3. The standard InChI is InChI=1S/C27H23Cl3N4O2/c28-20-6-9-22(10-7-20)31-12-14-32(15-13-31)26(35)23-18-33(17-19-4-2-1-3-5-19)34(27(23)36)25-11-8-21(29)16-24(25)30/h1-11,16,18H,12-15,17H2. The fourth-order valence-corrected chi connectivity index (χ4v) is 5.03. The highest BCUT2D eigenvalue weighted by molar-refractivity contribution is 6.35. The highest BCUT2D eigenvalue weighted by Gasteiger charge is 2.27. The molecule has 4 aromatic rings. The molecule has 1 aliphatic rings. The maximum Gasteiger partial charge on any atom is 0.284 e. The molecule has 0 bridgehead atoms. The second kappa shape index (κ2) is 10.4. The Balaban J connectivity index is 1.44. The molecule has 1 aromatic heterocycles. The number of amides is 1. The molecule has 9 heteroatoms. The molecular formula is C27H23Cl3N4O2. The Morgan fingerprint density at radius 2 is 1.47 bits per heavy atom. The monoisotopic (exact) mass is 540 g/mol. The fraction of sp³-hybridized carbons (Fsp3) is 0.185. The Hall–Kier alpha value is -3.19. The van der Waals surface area contributed by atoms with E-state index in [9.17, 15) is 9.59 Å². The summed E-state index contributed by atoms with van der Waals surface area (Å²) in [4.78, 5) is 31.0. The number of halogens is 3. The van der Waals surface area contributed by atoms with Crippen molar-refractivity contribution in [2.75, 3.05) is 31.1 Å². The van der Waals surface area contributed by atoms with Gasteiger partial charge in [0, 0.05) is 48.1 Å². The topological polar surface area (TPSA) is 50.5 Å². The van der Waals surface area contributed by atoms with Crippen LogP contribution in [-0.2, 0) is 6.54 Å². The molecule has 36 heavy (non-hydrogen) atoms. The Morgan fingerprint density at radius 1 is 0.806 bits per heavy atom. The molecule has 5 rings (SSSR count). The third-order valence-electron chi connectivity index (χ3n) is 6.27. The van der Waals surface area contributed by atoms with Crippen LogP contribution in [0.2, 0.25) is 15.1 Å². The zero-order chi connectivity index (χ0) is 25.2. The van der Waals surface area contributed by atoms with Crippen LogP contribution < -0.4 is 10.5 Å². The third-order valence-corrected chi connectivity index (χ3v) is 7.06. The maximum absolute atomic E-state index is 13.6. The summed E-state index contributed by atoms with van der Waals surface area (Å²) in [6.07, 6.45) is 1.62. The second-order valence-corrected chi connectivity index (χ2v) is 9.87. The first-order valence-corrected chi connectivity index (χ1v) is 12.7. The minimum Gasteiger partial charge on any atom is -0.368 e. The summed E-state index contributed by atoms with van der Waals surface area (Å²) in [5, 5.41) is 1.48. The van der Waals surface area contributed by atoms with Crippen molar-refractivity contribution in [2.45, 2.75) is 6.54 Å². The normalized spacial score (nSPS) is 13.8. The lowest BCUT2D eigenvalue weighted by Crippen LogP contribution is -2.49. The lowest BCUT2D eigenvalue weighted by Gasteiger charge is -2.35. The summed E-state index contributed by atoms with van der Waals surface area (Å²) in [5.74, 6) is -0.290. The maximum atomic E-state index is 13.6. The van der Waals surface area contributed by atoms with Gasteiger partial charge in [-0.3, -0.25) is 14.3 Å². The van der Waals surface area contributed by atoms with Crippen molar-refractivity contribution in [3.8, 4) is 5.69 Å². The number of benzene rings is 3. The predicted molar refractivity (Wildman–Crippen MR) is 145 cm³/mol. The first-order chi connectivity index (χ1) is 17.4. The first kappa shape index (κ1) is 24.5. The van der Waals surface area contributed by atoms with Gasteiger partial charge < -0.3 is 9.80 Å². The highest BCUT2D eigenvalue weighted by atomic mass is 35.5. The number of nitrogens with zero attached hydrogens (tertiary/aromatic N) is 4. The van der Waals surface area contributed by atoms with Crippen LogP contribution >= 0.6 is 34.8 Å². The summed E-state index contributed by atoms with van der Waals surface area (Å²) < 4.78 is 3.17. The van der Waals surface area contributed by atoms with E-state index in [1.165, 1.54) is 4.68 Å². The quantitative estimate of drug-likeness (QED) is 0.330. The molecule has 6 nitrogen and oxygen atoms in total. The van der Waals surface area contributed by atoms with Crippen molar-refractivity contribution in [2.24, 2.45) is 0 Å². The van der Waals surface area contributed by atoms with E-state index in [2.05, 4.69) is 4.90 Å². The highest BCUT2D eigenvalue weighted by Crippen LogP contribution is 2.25. The van der Waals surface area contributed by atoms with Gasteiger partial charge in [0.1, 0.15) is 5.56 Å². The molecule has 3 aromatic carbocycles. The van der Waals surface area contributed by atoms with Gasteiger partial charge in [-0.1, -0.05) is 65.1 Å². The number of carbonyl (C=O) groups is 1. The van der Waals surface area contributed by atoms with E-state index in [4.69, 9.17) is 34.8 Å². The lowest BCUT2D eigenvalue weighted by molar-refractivity contribution is 0.0745. The molecule has 0 radical (unpaired) electrons. The molecule has 1 amide bonds. The fourth-order valence-electron chi connectivity index (χ4n) is 4.42. The average molecular weight is 542 g/mol. The average Bonchev–Trinajstić information content (AvgIpc) is 3.20. The largest absolute Gasteiger partial charge is 0.368 e. The van der Waals surface area contributed by atoms with Crippen LogP contribution in [0.5, 0.6) is 0 Å². The smallest absolute Gasteiger partial charge is 0.284 e. The summed E-state index contributed by atoms with van der Waals surface area (Å²) in [6.45, 7) is 2.73. The number of carbonyl (C=O) groups excluding carboxylic acids is 1. The van der Waals surface area contributed by atoms with Crippen LogP contribution in [0.25, 0.3) is 5.69 Å². The van der Waals surface area contributed by atoms with Gasteiger partial charge in [0.25, 0.3) is 11.5 Å². The van der Waals surface area contributed by atoms with Crippen molar-refractivity contribution in [1.29, 1.82) is 0 Å². The van der Waals surface area contributed by atoms with Crippen molar-refractivity contribution in [3.05, 3.63) is 116 Å². The van der Waals surface area contributed by atoms with Gasteiger partial charge in [-0.05, 0) is 48.0 Å². The number of anilines is 1. The van der Waals surface area contributed by atoms with Gasteiger partial charge in [-0.2, -0.15) is 0 Å². The van der Waals surface area contributed by atoms with Gasteiger partial charge in [-0.25, -0.2) is 4.68 Å². The van der Waals surface area contributed by atoms with E-state index >= 15 is 0 Å². The van der Waals surface area contributed by atoms with E-state index in [1.807, 2.05) is 54.6 Å². The Kier molecular flexibility index (Phi) is 7.10. The molecule has 0 aliphatic carbocycles. The summed E-state index contributed by atoms with van der Waals surface area (Å²) in [5.41, 5.74) is 2.20. The zero-order valence-corrected chi connectivity index (χ0v) is 21.5.